The number of carboxylic acid groups (broad SMARTS) is 1. The van der Waals surface area contributed by atoms with E-state index < -0.39 is 56.5 Å². The van der Waals surface area contributed by atoms with E-state index in [0.717, 1.165) is 41.0 Å². The molecule has 0 unspecified atom stereocenters. The minimum Gasteiger partial charge on any atom is -0.491 e. The van der Waals surface area contributed by atoms with Crippen molar-refractivity contribution in [2.24, 2.45) is 5.92 Å². The van der Waals surface area contributed by atoms with Crippen LogP contribution in [0.4, 0.5) is 22.4 Å². The number of H-pyrrole nitrogens is 1. The molecule has 3 aromatic heterocycles. The van der Waals surface area contributed by atoms with Crippen LogP contribution in [0.3, 0.4) is 0 Å². The molecule has 1 aliphatic carbocycles. The Morgan fingerprint density at radius 1 is 0.899 bits per heavy atom. The highest BCUT2D eigenvalue weighted by Crippen LogP contribution is 2.38. The molecule has 5 N–H and O–H groups in total. The first-order chi connectivity index (χ1) is 37.7. The summed E-state index contributed by atoms with van der Waals surface area (Å²) in [5, 5.41) is 26.7. The van der Waals surface area contributed by atoms with Gasteiger partial charge in [0.1, 0.15) is 47.5 Å². The zero-order valence-corrected chi connectivity index (χ0v) is 46.8. The van der Waals surface area contributed by atoms with Crippen molar-refractivity contribution in [2.45, 2.75) is 120 Å². The van der Waals surface area contributed by atoms with Crippen molar-refractivity contribution in [1.29, 1.82) is 0 Å². The highest BCUT2D eigenvalue weighted by Gasteiger charge is 2.43. The number of aryl methyl sites for hydroxylation is 2. The van der Waals surface area contributed by atoms with Gasteiger partial charge in [-0.25, -0.2) is 33.1 Å². The van der Waals surface area contributed by atoms with Crippen LogP contribution >= 0.6 is 0 Å². The van der Waals surface area contributed by atoms with Crippen LogP contribution in [0.25, 0.3) is 10.9 Å². The number of hydrogen-bond acceptors (Lipinski definition) is 16. The number of aromatic amines is 1. The predicted octanol–water partition coefficient (Wildman–Crippen LogP) is 4.80. The SMILES string of the molecule is Cc1[nH]nc(Nc2ncnc3cc(OCCN4CCN(c5ncc(C(=O)N6CCC([C@H](NC(=O)[C@H](C)N(C)C(=O)O)C(=O)N7CCC[C@H]7C(=O)N[C@@H]7CCCc8ccccc87)CC6)cn5)CC4)c(S(=O)(=O)C(C)(C)C)cc23)c1C. The lowest BCUT2D eigenvalue weighted by molar-refractivity contribution is -0.143. The van der Waals surface area contributed by atoms with Crippen LogP contribution < -0.4 is 25.6 Å². The molecule has 5 amide bonds. The molecule has 23 nitrogen and oxygen atoms in total. The average molecular weight is 1110 g/mol. The Bertz CT molecular complexity index is 3190. The number of likely N-dealkylation sites (tertiary alicyclic amines) is 2. The summed E-state index contributed by atoms with van der Waals surface area (Å²) in [6.07, 6.45) is 7.63. The lowest BCUT2D eigenvalue weighted by Crippen LogP contribution is -2.59. The molecule has 3 aliphatic heterocycles. The third-order valence-electron chi connectivity index (χ3n) is 16.1. The predicted molar refractivity (Wildman–Crippen MR) is 295 cm³/mol. The Balaban J connectivity index is 0.794. The van der Waals surface area contributed by atoms with Gasteiger partial charge in [0.05, 0.1) is 21.9 Å². The smallest absolute Gasteiger partial charge is 0.407 e. The van der Waals surface area contributed by atoms with Crippen molar-refractivity contribution < 1.29 is 42.2 Å². The van der Waals surface area contributed by atoms with Gasteiger partial charge in [-0.1, -0.05) is 24.3 Å². The van der Waals surface area contributed by atoms with E-state index in [4.69, 9.17) is 4.74 Å². The van der Waals surface area contributed by atoms with Gasteiger partial charge in [0.25, 0.3) is 5.91 Å². The first-order valence-corrected chi connectivity index (χ1v) is 28.7. The van der Waals surface area contributed by atoms with E-state index >= 15 is 0 Å². The minimum atomic E-state index is -3.87. The van der Waals surface area contributed by atoms with Gasteiger partial charge in [0.2, 0.25) is 23.7 Å². The maximum Gasteiger partial charge on any atom is 0.407 e. The molecule has 4 atom stereocenters. The Kier molecular flexibility index (Phi) is 16.7. The fourth-order valence-electron chi connectivity index (χ4n) is 10.9. The molecule has 5 aromatic rings. The van der Waals surface area contributed by atoms with E-state index in [9.17, 15) is 37.5 Å². The van der Waals surface area contributed by atoms with E-state index in [0.29, 0.717) is 99.0 Å². The summed E-state index contributed by atoms with van der Waals surface area (Å²) in [7, 11) is -2.58. The van der Waals surface area contributed by atoms with Crippen molar-refractivity contribution in [3.63, 3.8) is 0 Å². The first-order valence-electron chi connectivity index (χ1n) is 27.2. The van der Waals surface area contributed by atoms with Crippen LogP contribution in [0.1, 0.15) is 105 Å². The van der Waals surface area contributed by atoms with Crippen LogP contribution in [0, 0.1) is 19.8 Å². The number of anilines is 3. The fraction of sp³-hybridized carbons (Fsp3) is 0.527. The van der Waals surface area contributed by atoms with Gasteiger partial charge in [-0.15, -0.1) is 0 Å². The van der Waals surface area contributed by atoms with E-state index in [1.807, 2.05) is 36.9 Å². The van der Waals surface area contributed by atoms with E-state index in [2.05, 4.69) is 57.0 Å². The normalized spacial score (nSPS) is 19.1. The maximum absolute atomic E-state index is 14.7. The summed E-state index contributed by atoms with van der Waals surface area (Å²) < 4.78 is 33.2. The van der Waals surface area contributed by atoms with Gasteiger partial charge in [-0.3, -0.25) is 34.1 Å². The zero-order valence-electron chi connectivity index (χ0n) is 46.0. The highest BCUT2D eigenvalue weighted by atomic mass is 32.2. The number of piperidine rings is 1. The number of benzene rings is 2. The van der Waals surface area contributed by atoms with Gasteiger partial charge in [0, 0.05) is 94.5 Å². The van der Waals surface area contributed by atoms with Gasteiger partial charge >= 0.3 is 6.09 Å². The molecule has 422 valence electrons. The molecule has 0 bridgehead atoms. The lowest BCUT2D eigenvalue weighted by Gasteiger charge is -2.38. The number of nitrogens with zero attached hydrogens (tertiary/aromatic N) is 10. The summed E-state index contributed by atoms with van der Waals surface area (Å²) in [5.74, 6) is -0.272. The summed E-state index contributed by atoms with van der Waals surface area (Å²) in [6.45, 7) is 14.4. The molecule has 24 heteroatoms. The van der Waals surface area contributed by atoms with Gasteiger partial charge in [0.15, 0.2) is 15.7 Å². The number of hydrogen-bond donors (Lipinski definition) is 5. The topological polar surface area (TPSA) is 281 Å². The molecule has 79 heavy (non-hydrogen) atoms. The van der Waals surface area contributed by atoms with Crippen molar-refractivity contribution in [3.8, 4) is 5.75 Å². The minimum absolute atomic E-state index is 0.0461. The van der Waals surface area contributed by atoms with Crippen LogP contribution in [0.5, 0.6) is 5.75 Å². The Morgan fingerprint density at radius 3 is 2.30 bits per heavy atom. The number of carbonyl (C=O) groups excluding carboxylic acids is 4. The van der Waals surface area contributed by atoms with Crippen molar-refractivity contribution in [2.75, 3.05) is 76.2 Å². The quantitative estimate of drug-likeness (QED) is 0.0887. The van der Waals surface area contributed by atoms with Gasteiger partial charge < -0.3 is 40.5 Å². The second-order valence-electron chi connectivity index (χ2n) is 22.1. The summed E-state index contributed by atoms with van der Waals surface area (Å²) >= 11 is 0. The molecule has 9 rings (SSSR count). The molecule has 6 heterocycles. The van der Waals surface area contributed by atoms with Crippen LogP contribution in [-0.4, -0.2) is 182 Å². The lowest BCUT2D eigenvalue weighted by atomic mass is 9.87. The van der Waals surface area contributed by atoms with Crippen molar-refractivity contribution in [3.05, 3.63) is 83.1 Å². The van der Waals surface area contributed by atoms with E-state index in [1.165, 1.54) is 38.3 Å². The Morgan fingerprint density at radius 2 is 1.62 bits per heavy atom. The first kappa shape index (κ1) is 56.3. The molecule has 2 aromatic carbocycles. The van der Waals surface area contributed by atoms with Gasteiger partial charge in [-0.05, 0) is 110 Å². The largest absolute Gasteiger partial charge is 0.491 e. The van der Waals surface area contributed by atoms with Gasteiger partial charge in [-0.2, -0.15) is 5.10 Å². The molecule has 0 saturated carbocycles. The number of piperazine rings is 1. The number of rotatable bonds is 16. The molecule has 0 spiro atoms. The second kappa shape index (κ2) is 23.5. The van der Waals surface area contributed by atoms with Crippen LogP contribution in [-0.2, 0) is 30.6 Å². The fourth-order valence-corrected chi connectivity index (χ4v) is 12.2. The number of carbonyl (C=O) groups is 5. The van der Waals surface area contributed by atoms with Crippen LogP contribution in [0.2, 0.25) is 0 Å². The van der Waals surface area contributed by atoms with E-state index in [-0.39, 0.29) is 48.2 Å². The molecule has 0 radical (unpaired) electrons. The third-order valence-corrected chi connectivity index (χ3v) is 18.7. The summed E-state index contributed by atoms with van der Waals surface area (Å²) in [6, 6.07) is 8.25. The maximum atomic E-state index is 14.7. The number of fused-ring (bicyclic) bond motifs is 2. The van der Waals surface area contributed by atoms with Crippen molar-refractivity contribution in [1.82, 2.24) is 60.4 Å². The molecular formula is C55H72N14O9S. The average Bonchev–Trinajstić information content (AvgIpc) is 4.18. The number of likely N-dealkylation sites (N-methyl/N-ethyl adjacent to an activating group) is 1. The zero-order chi connectivity index (χ0) is 56.3. The second-order valence-corrected chi connectivity index (χ2v) is 24.7. The Hall–Kier alpha value is -7.47. The summed E-state index contributed by atoms with van der Waals surface area (Å²) in [4.78, 5) is 94.4. The molecule has 3 fully saturated rings. The molecular weight excluding hydrogens is 1030 g/mol. The number of nitrogens with one attached hydrogen (secondary N) is 4. The third kappa shape index (κ3) is 12.1. The van der Waals surface area contributed by atoms with E-state index in [1.54, 1.807) is 42.7 Å². The standard InChI is InChI=1S/C55H72N14O9S/c1-33-34(2)63-64-47(33)62-48-40-28-45(79(76,77)55(4,5)6)44(29-42(40)58-32-59-48)78-27-26-66-22-24-68(25-23-66)53-56-30-38(31-57-53)51(72)67-20-17-37(18-21-67)46(61-49(70)35(3)65(7)54(74)75)52(73)69-19-11-16-43(69)50(71)60-41-15-10-13-36-12-8-9-14-39(36)41/h8-9,12,14,28-32,35,37,41,43,46H,10-11,13,15-27H2,1-7H3,(H,60,71)(H,61,70)(H,74,75)(H2,58,59,62,63,64)/t35-,41+,43-,46-/m0/s1. The number of aromatic nitrogens is 6. The van der Waals surface area contributed by atoms with Crippen molar-refractivity contribution >= 4 is 68.0 Å². The highest BCUT2D eigenvalue weighted by molar-refractivity contribution is 7.92. The number of sulfone groups is 1. The molecule has 4 aliphatic rings. The number of amides is 5. The summed E-state index contributed by atoms with van der Waals surface area (Å²) in [5.41, 5.74) is 4.90. The van der Waals surface area contributed by atoms with Crippen LogP contribution in [0.15, 0.2) is 60.0 Å². The molecule has 3 saturated heterocycles. The monoisotopic (exact) mass is 1100 g/mol. The number of ether oxygens (including phenoxy) is 1. The Labute approximate surface area is 460 Å².